The van der Waals surface area contributed by atoms with Crippen molar-refractivity contribution < 1.29 is 19.0 Å². The van der Waals surface area contributed by atoms with Crippen molar-refractivity contribution >= 4 is 28.8 Å². The van der Waals surface area contributed by atoms with Crippen LogP contribution >= 0.6 is 11.6 Å². The van der Waals surface area contributed by atoms with E-state index in [1.54, 1.807) is 7.11 Å². The second-order valence-corrected chi connectivity index (χ2v) is 11.8. The Labute approximate surface area is 224 Å². The van der Waals surface area contributed by atoms with E-state index in [1.807, 2.05) is 12.1 Å². The van der Waals surface area contributed by atoms with E-state index in [2.05, 4.69) is 35.7 Å². The minimum absolute atomic E-state index is 0.0637. The minimum atomic E-state index is -0.105. The summed E-state index contributed by atoms with van der Waals surface area (Å²) >= 11 is 6.40. The summed E-state index contributed by atoms with van der Waals surface area (Å²) < 4.78 is 18.2. The van der Waals surface area contributed by atoms with Crippen LogP contribution in [-0.2, 0) is 26.1 Å². The number of benzene rings is 2. The van der Waals surface area contributed by atoms with E-state index in [0.29, 0.717) is 49.4 Å². The van der Waals surface area contributed by atoms with Crippen LogP contribution in [0.4, 0.5) is 5.69 Å². The van der Waals surface area contributed by atoms with E-state index in [-0.39, 0.29) is 11.5 Å². The normalized spacial score (nSPS) is 29.0. The van der Waals surface area contributed by atoms with E-state index < -0.39 is 0 Å². The van der Waals surface area contributed by atoms with Crippen LogP contribution in [0.5, 0.6) is 5.75 Å². The summed E-state index contributed by atoms with van der Waals surface area (Å²) in [5.74, 6) is 2.82. The van der Waals surface area contributed by atoms with Gasteiger partial charge in [0.05, 0.1) is 32.1 Å². The molecule has 0 radical (unpaired) electrons. The zero-order valence-corrected chi connectivity index (χ0v) is 22.4. The number of hydrogen-bond acceptors (Lipinski definition) is 5. The van der Waals surface area contributed by atoms with Gasteiger partial charge in [-0.05, 0) is 85.4 Å². The lowest BCUT2D eigenvalue weighted by molar-refractivity contribution is -0.135. The number of ether oxygens (including phenoxy) is 3. The second-order valence-electron chi connectivity index (χ2n) is 11.3. The molecule has 196 valence electrons. The third kappa shape index (κ3) is 4.66. The van der Waals surface area contributed by atoms with E-state index >= 15 is 0 Å². The number of carbonyl (C=O) groups excluding carboxylic acids is 1. The third-order valence-corrected chi connectivity index (χ3v) is 9.39. The summed E-state index contributed by atoms with van der Waals surface area (Å²) in [6, 6.07) is 12.6. The molecule has 37 heavy (non-hydrogen) atoms. The predicted octanol–water partition coefficient (Wildman–Crippen LogP) is 6.20. The van der Waals surface area contributed by atoms with Crippen LogP contribution in [0.15, 0.2) is 43.0 Å². The molecule has 4 aliphatic rings. The van der Waals surface area contributed by atoms with Gasteiger partial charge in [0.25, 0.3) is 0 Å². The lowest BCUT2D eigenvalue weighted by Crippen LogP contribution is -2.50. The van der Waals surface area contributed by atoms with Crippen LogP contribution in [0, 0.1) is 11.8 Å². The number of Topliss-reactive ketones (excluding diaryl/α,β-unsaturated/α-hetero) is 1. The molecule has 1 saturated heterocycles. The number of methoxy groups -OCH3 is 1. The third-order valence-electron chi connectivity index (χ3n) is 9.16. The van der Waals surface area contributed by atoms with Crippen molar-refractivity contribution in [3.63, 3.8) is 0 Å². The summed E-state index contributed by atoms with van der Waals surface area (Å²) in [7, 11) is 1.66. The van der Waals surface area contributed by atoms with Crippen LogP contribution in [0.2, 0.25) is 5.02 Å². The van der Waals surface area contributed by atoms with Gasteiger partial charge in [0.1, 0.15) is 17.3 Å². The molecule has 5 nitrogen and oxygen atoms in total. The zero-order chi connectivity index (χ0) is 25.6. The molecule has 0 unspecified atom stereocenters. The summed E-state index contributed by atoms with van der Waals surface area (Å²) in [4.78, 5) is 14.7. The van der Waals surface area contributed by atoms with Crippen LogP contribution in [0.25, 0.3) is 5.76 Å². The fourth-order valence-electron chi connectivity index (χ4n) is 6.98. The van der Waals surface area contributed by atoms with Gasteiger partial charge in [-0.3, -0.25) is 4.79 Å². The first-order valence-electron chi connectivity index (χ1n) is 13.6. The fraction of sp³-hybridized carbons (Fsp3) is 0.516. The molecule has 6 rings (SSSR count). The predicted molar refractivity (Wildman–Crippen MR) is 146 cm³/mol. The highest BCUT2D eigenvalue weighted by atomic mass is 35.5. The Hall–Kier alpha value is -2.50. The van der Waals surface area contributed by atoms with Gasteiger partial charge in [0, 0.05) is 41.9 Å². The van der Waals surface area contributed by atoms with Gasteiger partial charge >= 0.3 is 0 Å². The molecule has 6 heteroatoms. The topological polar surface area (TPSA) is 48.0 Å². The summed E-state index contributed by atoms with van der Waals surface area (Å²) in [5, 5.41) is 0.799. The zero-order valence-electron chi connectivity index (χ0n) is 21.6. The fourth-order valence-corrected chi connectivity index (χ4v) is 7.18. The van der Waals surface area contributed by atoms with Crippen LogP contribution in [0.1, 0.15) is 55.2 Å². The first-order valence-corrected chi connectivity index (χ1v) is 14.0. The number of fused-ring (bicyclic) bond motifs is 3. The molecule has 0 N–H and O–H groups in total. The van der Waals surface area contributed by atoms with Gasteiger partial charge in [-0.2, -0.15) is 0 Å². The quantitative estimate of drug-likeness (QED) is 0.438. The summed E-state index contributed by atoms with van der Waals surface area (Å²) in [5.41, 5.74) is 4.67. The second kappa shape index (κ2) is 9.99. The van der Waals surface area contributed by atoms with Crippen molar-refractivity contribution in [2.75, 3.05) is 38.3 Å². The van der Waals surface area contributed by atoms with E-state index in [0.717, 1.165) is 67.2 Å². The monoisotopic (exact) mass is 521 g/mol. The Kier molecular flexibility index (Phi) is 6.70. The first-order chi connectivity index (χ1) is 18.0. The Morgan fingerprint density at radius 1 is 1.22 bits per heavy atom. The highest BCUT2D eigenvalue weighted by Gasteiger charge is 2.45. The molecule has 2 aromatic rings. The van der Waals surface area contributed by atoms with Crippen molar-refractivity contribution in [3.8, 4) is 5.75 Å². The van der Waals surface area contributed by atoms with Crippen molar-refractivity contribution in [2.24, 2.45) is 11.8 Å². The number of carbonyl (C=O) groups is 1. The largest absolute Gasteiger partial charge is 0.497 e. The molecular formula is C31H36ClNO4. The molecule has 2 aliphatic carbocycles. The van der Waals surface area contributed by atoms with Crippen molar-refractivity contribution in [2.45, 2.75) is 56.5 Å². The molecule has 2 aromatic carbocycles. The number of rotatable bonds is 5. The molecule has 0 bridgehead atoms. The Bertz CT molecular complexity index is 1210. The molecular weight excluding hydrogens is 486 g/mol. The maximum absolute atomic E-state index is 12.2. The van der Waals surface area contributed by atoms with Crippen LogP contribution in [-0.4, -0.2) is 45.3 Å². The van der Waals surface area contributed by atoms with E-state index in [9.17, 15) is 4.79 Å². The molecule has 2 heterocycles. The molecule has 4 atom stereocenters. The first kappa shape index (κ1) is 24.8. The molecule has 0 amide bonds. The number of nitrogens with zero attached hydrogens (tertiary/aromatic N) is 1. The number of ketones is 1. The lowest BCUT2D eigenvalue weighted by Gasteiger charge is -2.47. The number of hydrogen-bond donors (Lipinski definition) is 0. The highest BCUT2D eigenvalue weighted by Crippen LogP contribution is 2.47. The molecule has 2 aliphatic heterocycles. The van der Waals surface area contributed by atoms with E-state index in [1.165, 1.54) is 11.1 Å². The number of halogens is 1. The standard InChI is InChI=1S/C31H36ClNO4/c1-20(35-2)21-6-10-29-28(15-21)33(17-23-5-8-26(23)30-16-25(34)11-13-36-30)18-31(19-37-29)12-3-4-22-14-24(32)7-9-27(22)31/h6-7,9-10,14-15,23,26,30H,1,3-5,8,11-13,16-19H2,2H3/t23-,26+,30-,31-/m0/s1. The molecule has 0 aromatic heterocycles. The van der Waals surface area contributed by atoms with Crippen LogP contribution < -0.4 is 9.64 Å². The maximum atomic E-state index is 12.2. The van der Waals surface area contributed by atoms with Gasteiger partial charge in [0.15, 0.2) is 0 Å². The summed E-state index contributed by atoms with van der Waals surface area (Å²) in [6.45, 7) is 7.10. The Balaban J connectivity index is 1.35. The highest BCUT2D eigenvalue weighted by molar-refractivity contribution is 6.30. The number of aryl methyl sites for hydroxylation is 1. The van der Waals surface area contributed by atoms with Crippen molar-refractivity contribution in [1.29, 1.82) is 0 Å². The summed E-state index contributed by atoms with van der Waals surface area (Å²) in [6.07, 6.45) is 6.74. The van der Waals surface area contributed by atoms with E-state index in [4.69, 9.17) is 25.8 Å². The maximum Gasteiger partial charge on any atom is 0.142 e. The SMILES string of the molecule is C=C(OC)c1ccc2c(c1)N(C[C@@H]1CC[C@H]1[C@@H]1CC(=O)CCO1)C[C@@]1(CCCc3cc(Cl)ccc31)CO2. The van der Waals surface area contributed by atoms with Gasteiger partial charge < -0.3 is 19.1 Å². The van der Waals surface area contributed by atoms with Gasteiger partial charge in [-0.1, -0.05) is 24.2 Å². The Morgan fingerprint density at radius 2 is 2.11 bits per heavy atom. The smallest absolute Gasteiger partial charge is 0.142 e. The van der Waals surface area contributed by atoms with Crippen LogP contribution in [0.3, 0.4) is 0 Å². The van der Waals surface area contributed by atoms with Gasteiger partial charge in [0.2, 0.25) is 0 Å². The Morgan fingerprint density at radius 3 is 2.89 bits per heavy atom. The molecule has 1 saturated carbocycles. The average Bonchev–Trinajstić information content (AvgIpc) is 3.03. The van der Waals surface area contributed by atoms with Crippen molar-refractivity contribution in [3.05, 3.63) is 64.7 Å². The molecule has 1 spiro atoms. The number of anilines is 1. The van der Waals surface area contributed by atoms with Gasteiger partial charge in [-0.15, -0.1) is 0 Å². The van der Waals surface area contributed by atoms with Gasteiger partial charge in [-0.25, -0.2) is 0 Å². The molecule has 2 fully saturated rings. The lowest BCUT2D eigenvalue weighted by atomic mass is 9.67. The average molecular weight is 522 g/mol. The van der Waals surface area contributed by atoms with Crippen molar-refractivity contribution in [1.82, 2.24) is 0 Å². The minimum Gasteiger partial charge on any atom is -0.497 e.